The van der Waals surface area contributed by atoms with Crippen LogP contribution >= 0.6 is 23.2 Å². The lowest BCUT2D eigenvalue weighted by Gasteiger charge is -2.21. The van der Waals surface area contributed by atoms with Gasteiger partial charge in [0.15, 0.2) is 0 Å². The van der Waals surface area contributed by atoms with E-state index in [9.17, 15) is 14.9 Å². The number of carbonyl (C=O) groups excluding carboxylic acids is 1. The minimum Gasteiger partial charge on any atom is -0.466 e. The number of anilines is 1. The van der Waals surface area contributed by atoms with Gasteiger partial charge in [0.1, 0.15) is 0 Å². The summed E-state index contributed by atoms with van der Waals surface area (Å²) in [6.07, 6.45) is 0.175. The molecule has 0 saturated carbocycles. The van der Waals surface area contributed by atoms with Gasteiger partial charge in [-0.05, 0) is 6.92 Å². The lowest BCUT2D eigenvalue weighted by atomic mass is 10.2. The first kappa shape index (κ1) is 16.5. The van der Waals surface area contributed by atoms with Gasteiger partial charge in [0.2, 0.25) is 0 Å². The fourth-order valence-corrected chi connectivity index (χ4v) is 2.39. The van der Waals surface area contributed by atoms with Crippen molar-refractivity contribution in [1.29, 1.82) is 0 Å². The van der Waals surface area contributed by atoms with Gasteiger partial charge in [-0.3, -0.25) is 14.9 Å². The average Bonchev–Trinajstić information content (AvgIpc) is 2.35. The number of nitrogens with zero attached hydrogens (tertiary/aromatic N) is 2. The Kier molecular flexibility index (Phi) is 6.04. The van der Waals surface area contributed by atoms with Gasteiger partial charge in [-0.2, -0.15) is 0 Å². The molecule has 110 valence electrons. The van der Waals surface area contributed by atoms with Crippen LogP contribution in [-0.4, -0.2) is 31.1 Å². The number of non-ortho nitro benzene ring substituents is 1. The topological polar surface area (TPSA) is 72.7 Å². The van der Waals surface area contributed by atoms with Crippen molar-refractivity contribution in [1.82, 2.24) is 0 Å². The minimum absolute atomic E-state index is 0.163. The molecule has 8 heteroatoms. The van der Waals surface area contributed by atoms with Crippen molar-refractivity contribution in [2.75, 3.05) is 25.1 Å². The van der Waals surface area contributed by atoms with E-state index >= 15 is 0 Å². The Morgan fingerprint density at radius 2 is 1.95 bits per heavy atom. The highest BCUT2D eigenvalue weighted by Gasteiger charge is 2.18. The van der Waals surface area contributed by atoms with E-state index in [1.54, 1.807) is 18.9 Å². The zero-order chi connectivity index (χ0) is 15.3. The van der Waals surface area contributed by atoms with Gasteiger partial charge < -0.3 is 9.64 Å². The first-order chi connectivity index (χ1) is 9.36. The molecule has 0 atom stereocenters. The summed E-state index contributed by atoms with van der Waals surface area (Å²) < 4.78 is 4.82. The lowest BCUT2D eigenvalue weighted by molar-refractivity contribution is -0.384. The summed E-state index contributed by atoms with van der Waals surface area (Å²) in [7, 11) is 1.69. The van der Waals surface area contributed by atoms with Crippen molar-refractivity contribution in [2.45, 2.75) is 13.3 Å². The monoisotopic (exact) mass is 320 g/mol. The first-order valence-corrected chi connectivity index (χ1v) is 6.62. The molecule has 0 aliphatic rings. The van der Waals surface area contributed by atoms with E-state index in [1.807, 2.05) is 0 Å². The molecule has 0 aliphatic heterocycles. The van der Waals surface area contributed by atoms with Crippen LogP contribution in [0.5, 0.6) is 0 Å². The molecule has 0 bridgehead atoms. The zero-order valence-electron chi connectivity index (χ0n) is 11.1. The van der Waals surface area contributed by atoms with Crippen LogP contribution in [0.15, 0.2) is 12.1 Å². The van der Waals surface area contributed by atoms with Crippen LogP contribution in [0.25, 0.3) is 0 Å². The normalized spacial score (nSPS) is 10.2. The number of hydrogen-bond donors (Lipinski definition) is 0. The number of carbonyl (C=O) groups is 1. The number of nitro benzene ring substituents is 1. The fourth-order valence-electron chi connectivity index (χ4n) is 1.63. The maximum absolute atomic E-state index is 11.3. The van der Waals surface area contributed by atoms with Crippen molar-refractivity contribution < 1.29 is 14.5 Å². The van der Waals surface area contributed by atoms with Gasteiger partial charge >= 0.3 is 5.97 Å². The average molecular weight is 321 g/mol. The number of rotatable bonds is 6. The summed E-state index contributed by atoms with van der Waals surface area (Å²) in [5, 5.41) is 11.0. The van der Waals surface area contributed by atoms with E-state index in [0.29, 0.717) is 18.8 Å². The van der Waals surface area contributed by atoms with Crippen molar-refractivity contribution in [3.63, 3.8) is 0 Å². The SMILES string of the molecule is CCOC(=O)CCN(C)c1c(Cl)cc([N+](=O)[O-])cc1Cl. The van der Waals surface area contributed by atoms with Crippen LogP contribution in [0.4, 0.5) is 11.4 Å². The van der Waals surface area contributed by atoms with Gasteiger partial charge in [0, 0.05) is 25.7 Å². The lowest BCUT2D eigenvalue weighted by Crippen LogP contribution is -2.22. The van der Waals surface area contributed by atoms with E-state index < -0.39 is 4.92 Å². The summed E-state index contributed by atoms with van der Waals surface area (Å²) in [5.74, 6) is -0.325. The molecule has 0 saturated heterocycles. The molecular formula is C12H14Cl2N2O4. The molecule has 1 aromatic rings. The molecule has 0 spiro atoms. The molecule has 0 aliphatic carbocycles. The Morgan fingerprint density at radius 1 is 1.40 bits per heavy atom. The van der Waals surface area contributed by atoms with E-state index in [4.69, 9.17) is 27.9 Å². The van der Waals surface area contributed by atoms with Gasteiger partial charge in [0.05, 0.1) is 33.7 Å². The third-order valence-corrected chi connectivity index (χ3v) is 3.13. The third-order valence-electron chi connectivity index (χ3n) is 2.55. The second-order valence-corrected chi connectivity index (χ2v) is 4.81. The highest BCUT2D eigenvalue weighted by molar-refractivity contribution is 6.39. The molecule has 0 aromatic heterocycles. The Bertz CT molecular complexity index is 499. The molecule has 0 heterocycles. The number of esters is 1. The molecule has 1 aromatic carbocycles. The van der Waals surface area contributed by atoms with Gasteiger partial charge in [-0.15, -0.1) is 0 Å². The number of ether oxygens (including phenoxy) is 1. The molecule has 0 radical (unpaired) electrons. The third kappa shape index (κ3) is 4.25. The molecule has 1 rings (SSSR count). The molecule has 6 nitrogen and oxygen atoms in total. The molecule has 0 unspecified atom stereocenters. The quantitative estimate of drug-likeness (QED) is 0.457. The Labute approximate surface area is 126 Å². The van der Waals surface area contributed by atoms with Crippen molar-refractivity contribution in [3.05, 3.63) is 32.3 Å². The number of benzene rings is 1. The summed E-state index contributed by atoms with van der Waals surface area (Å²) in [4.78, 5) is 23.1. The van der Waals surface area contributed by atoms with E-state index in [1.165, 1.54) is 12.1 Å². The van der Waals surface area contributed by atoms with Crippen LogP contribution in [0.1, 0.15) is 13.3 Å². The van der Waals surface area contributed by atoms with Crippen molar-refractivity contribution >= 4 is 40.5 Å². The Morgan fingerprint density at radius 3 is 2.40 bits per heavy atom. The van der Waals surface area contributed by atoms with Crippen molar-refractivity contribution in [2.24, 2.45) is 0 Å². The highest BCUT2D eigenvalue weighted by Crippen LogP contribution is 2.36. The standard InChI is InChI=1S/C12H14Cl2N2O4/c1-3-20-11(17)4-5-15(2)12-9(13)6-8(16(18)19)7-10(12)14/h6-7H,3-5H2,1-2H3. The maximum atomic E-state index is 11.3. The smallest absolute Gasteiger partial charge is 0.307 e. The summed E-state index contributed by atoms with van der Waals surface area (Å²) in [5.41, 5.74) is 0.269. The summed E-state index contributed by atoms with van der Waals surface area (Å²) >= 11 is 12.0. The van der Waals surface area contributed by atoms with Crippen LogP contribution < -0.4 is 4.90 Å². The van der Waals surface area contributed by atoms with E-state index in [2.05, 4.69) is 0 Å². The molecule has 0 amide bonds. The summed E-state index contributed by atoms with van der Waals surface area (Å²) in [6, 6.07) is 2.45. The molecule has 0 fully saturated rings. The largest absolute Gasteiger partial charge is 0.466 e. The van der Waals surface area contributed by atoms with E-state index in [0.717, 1.165) is 0 Å². The van der Waals surface area contributed by atoms with Gasteiger partial charge in [-0.1, -0.05) is 23.2 Å². The minimum atomic E-state index is -0.569. The maximum Gasteiger partial charge on any atom is 0.307 e. The molecule has 0 N–H and O–H groups in total. The fraction of sp³-hybridized carbons (Fsp3) is 0.417. The zero-order valence-corrected chi connectivity index (χ0v) is 12.6. The van der Waals surface area contributed by atoms with Crippen molar-refractivity contribution in [3.8, 4) is 0 Å². The predicted molar refractivity (Wildman–Crippen MR) is 77.6 cm³/mol. The van der Waals surface area contributed by atoms with Crippen LogP contribution in [0.3, 0.4) is 0 Å². The van der Waals surface area contributed by atoms with Crippen LogP contribution in [0.2, 0.25) is 10.0 Å². The van der Waals surface area contributed by atoms with Gasteiger partial charge in [-0.25, -0.2) is 0 Å². The number of hydrogen-bond acceptors (Lipinski definition) is 5. The number of nitro groups is 1. The van der Waals surface area contributed by atoms with Crippen LogP contribution in [-0.2, 0) is 9.53 Å². The summed E-state index contributed by atoms with van der Waals surface area (Å²) in [6.45, 7) is 2.39. The second kappa shape index (κ2) is 7.31. The van der Waals surface area contributed by atoms with Gasteiger partial charge in [0.25, 0.3) is 5.69 Å². The van der Waals surface area contributed by atoms with Crippen LogP contribution in [0, 0.1) is 10.1 Å². The second-order valence-electron chi connectivity index (χ2n) is 3.99. The highest BCUT2D eigenvalue weighted by atomic mass is 35.5. The molecule has 20 heavy (non-hydrogen) atoms. The van der Waals surface area contributed by atoms with E-state index in [-0.39, 0.29) is 28.1 Å². The Balaban J connectivity index is 2.85. The number of halogens is 2. The predicted octanol–water partition coefficient (Wildman–Crippen LogP) is 3.29. The Hall–Kier alpha value is -1.53. The first-order valence-electron chi connectivity index (χ1n) is 5.87. The molecular weight excluding hydrogens is 307 g/mol.